The summed E-state index contributed by atoms with van der Waals surface area (Å²) in [4.78, 5) is 4.47. The van der Waals surface area contributed by atoms with Gasteiger partial charge in [-0.2, -0.15) is 0 Å². The minimum atomic E-state index is -0.833. The smallest absolute Gasteiger partial charge is 0.207 e. The molecular formula is C14H19N3OS. The molecule has 0 aliphatic carbocycles. The van der Waals surface area contributed by atoms with E-state index in [0.717, 1.165) is 17.3 Å². The molecule has 2 atom stereocenters. The van der Waals surface area contributed by atoms with Crippen LogP contribution in [-0.2, 0) is 17.3 Å². The van der Waals surface area contributed by atoms with Gasteiger partial charge in [0.15, 0.2) is 0 Å². The van der Waals surface area contributed by atoms with Crippen LogP contribution in [0.25, 0.3) is 0 Å². The quantitative estimate of drug-likeness (QED) is 0.914. The number of benzene rings is 1. The molecule has 1 N–H and O–H groups in total. The van der Waals surface area contributed by atoms with Gasteiger partial charge in [0.1, 0.15) is 0 Å². The van der Waals surface area contributed by atoms with Crippen LogP contribution < -0.4 is 5.32 Å². The third-order valence-electron chi connectivity index (χ3n) is 2.95. The summed E-state index contributed by atoms with van der Waals surface area (Å²) in [5.74, 6) is 0.793. The molecular weight excluding hydrogens is 258 g/mol. The fourth-order valence-electron chi connectivity index (χ4n) is 1.82. The Morgan fingerprint density at radius 1 is 1.37 bits per heavy atom. The third-order valence-corrected chi connectivity index (χ3v) is 4.23. The third kappa shape index (κ3) is 3.67. The monoisotopic (exact) mass is 277 g/mol. The molecule has 0 saturated carbocycles. The Labute approximate surface area is 116 Å². The van der Waals surface area contributed by atoms with E-state index in [4.69, 9.17) is 0 Å². The highest BCUT2D eigenvalue weighted by Crippen LogP contribution is 2.17. The molecule has 0 spiro atoms. The van der Waals surface area contributed by atoms with Gasteiger partial charge in [-0.25, -0.2) is 4.98 Å². The SMILES string of the molecule is Cc1cn(CC(C)S(C)=O)c(Nc2ccccc2)n1. The molecule has 0 bridgehead atoms. The van der Waals surface area contributed by atoms with Crippen molar-refractivity contribution in [3.8, 4) is 0 Å². The van der Waals surface area contributed by atoms with Crippen molar-refractivity contribution in [2.75, 3.05) is 11.6 Å². The first-order chi connectivity index (χ1) is 9.06. The maximum absolute atomic E-state index is 11.5. The standard InChI is InChI=1S/C14H19N3OS/c1-11-9-17(10-12(2)19(3)18)14(15-11)16-13-7-5-4-6-8-13/h4-9,12H,10H2,1-3H3,(H,15,16). The van der Waals surface area contributed by atoms with E-state index in [0.29, 0.717) is 6.54 Å². The Balaban J connectivity index is 2.19. The molecule has 1 heterocycles. The second-order valence-corrected chi connectivity index (χ2v) is 6.46. The van der Waals surface area contributed by atoms with Crippen molar-refractivity contribution in [2.45, 2.75) is 25.6 Å². The predicted molar refractivity (Wildman–Crippen MR) is 80.2 cm³/mol. The summed E-state index contributed by atoms with van der Waals surface area (Å²) in [5, 5.41) is 3.39. The Morgan fingerprint density at radius 2 is 2.05 bits per heavy atom. The van der Waals surface area contributed by atoms with E-state index in [1.165, 1.54) is 0 Å². The first-order valence-electron chi connectivity index (χ1n) is 6.24. The van der Waals surface area contributed by atoms with Gasteiger partial charge in [-0.15, -0.1) is 0 Å². The summed E-state index contributed by atoms with van der Waals surface area (Å²) >= 11 is 0. The van der Waals surface area contributed by atoms with Crippen LogP contribution in [0.5, 0.6) is 0 Å². The lowest BCUT2D eigenvalue weighted by atomic mass is 10.3. The number of hydrogen-bond acceptors (Lipinski definition) is 3. The molecule has 2 unspecified atom stereocenters. The van der Waals surface area contributed by atoms with E-state index in [1.807, 2.05) is 54.9 Å². The molecule has 4 nitrogen and oxygen atoms in total. The van der Waals surface area contributed by atoms with Gasteiger partial charge < -0.3 is 9.88 Å². The molecule has 0 fully saturated rings. The van der Waals surface area contributed by atoms with Crippen molar-refractivity contribution in [3.05, 3.63) is 42.2 Å². The summed E-state index contributed by atoms with van der Waals surface area (Å²) in [5.41, 5.74) is 1.95. The number of aromatic nitrogens is 2. The van der Waals surface area contributed by atoms with Gasteiger partial charge in [-0.3, -0.25) is 4.21 Å². The number of aryl methyl sites for hydroxylation is 1. The lowest BCUT2D eigenvalue weighted by Gasteiger charge is -2.13. The normalized spacial score (nSPS) is 14.1. The lowest BCUT2D eigenvalue weighted by Crippen LogP contribution is -2.18. The van der Waals surface area contributed by atoms with E-state index in [-0.39, 0.29) is 5.25 Å². The number of nitrogens with zero attached hydrogens (tertiary/aromatic N) is 2. The minimum Gasteiger partial charge on any atom is -0.326 e. The number of nitrogens with one attached hydrogen (secondary N) is 1. The van der Waals surface area contributed by atoms with E-state index < -0.39 is 10.8 Å². The highest BCUT2D eigenvalue weighted by atomic mass is 32.2. The van der Waals surface area contributed by atoms with Crippen LogP contribution >= 0.6 is 0 Å². The predicted octanol–water partition coefficient (Wildman–Crippen LogP) is 2.70. The van der Waals surface area contributed by atoms with E-state index in [1.54, 1.807) is 6.26 Å². The molecule has 1 aromatic heterocycles. The minimum absolute atomic E-state index is 0.102. The fourth-order valence-corrected chi connectivity index (χ4v) is 2.19. The number of imidazole rings is 1. The number of para-hydroxylation sites is 1. The van der Waals surface area contributed by atoms with Crippen LogP contribution in [0.2, 0.25) is 0 Å². The van der Waals surface area contributed by atoms with Gasteiger partial charge in [0.25, 0.3) is 0 Å². The van der Waals surface area contributed by atoms with Gasteiger partial charge in [-0.1, -0.05) is 18.2 Å². The van der Waals surface area contributed by atoms with E-state index in [9.17, 15) is 4.21 Å². The largest absolute Gasteiger partial charge is 0.326 e. The molecule has 0 radical (unpaired) electrons. The van der Waals surface area contributed by atoms with E-state index >= 15 is 0 Å². The van der Waals surface area contributed by atoms with Crippen molar-refractivity contribution in [1.29, 1.82) is 0 Å². The number of rotatable bonds is 5. The highest BCUT2D eigenvalue weighted by molar-refractivity contribution is 7.84. The zero-order valence-electron chi connectivity index (χ0n) is 11.5. The molecule has 2 aromatic rings. The summed E-state index contributed by atoms with van der Waals surface area (Å²) < 4.78 is 13.5. The summed E-state index contributed by atoms with van der Waals surface area (Å²) in [6.07, 6.45) is 3.72. The van der Waals surface area contributed by atoms with Gasteiger partial charge >= 0.3 is 0 Å². The highest BCUT2D eigenvalue weighted by Gasteiger charge is 2.11. The van der Waals surface area contributed by atoms with Crippen molar-refractivity contribution >= 4 is 22.4 Å². The first kappa shape index (κ1) is 13.8. The number of hydrogen-bond donors (Lipinski definition) is 1. The van der Waals surface area contributed by atoms with Crippen molar-refractivity contribution in [2.24, 2.45) is 0 Å². The Hall–Kier alpha value is -1.62. The van der Waals surface area contributed by atoms with Crippen LogP contribution in [0, 0.1) is 6.92 Å². The van der Waals surface area contributed by atoms with Gasteiger partial charge in [0.05, 0.1) is 5.69 Å². The van der Waals surface area contributed by atoms with Gasteiger partial charge in [-0.05, 0) is 26.0 Å². The summed E-state index contributed by atoms with van der Waals surface area (Å²) in [6, 6.07) is 9.93. The maximum atomic E-state index is 11.5. The van der Waals surface area contributed by atoms with Crippen molar-refractivity contribution in [3.63, 3.8) is 0 Å². The molecule has 0 aliphatic rings. The molecule has 0 saturated heterocycles. The summed E-state index contributed by atoms with van der Waals surface area (Å²) in [7, 11) is -0.833. The Morgan fingerprint density at radius 3 is 2.68 bits per heavy atom. The Kier molecular flexibility index (Phi) is 4.37. The topological polar surface area (TPSA) is 46.9 Å². The molecule has 102 valence electrons. The second-order valence-electron chi connectivity index (χ2n) is 4.66. The molecule has 1 aromatic carbocycles. The van der Waals surface area contributed by atoms with Crippen LogP contribution in [0.3, 0.4) is 0 Å². The van der Waals surface area contributed by atoms with Crippen LogP contribution in [0.1, 0.15) is 12.6 Å². The van der Waals surface area contributed by atoms with Gasteiger partial charge in [0, 0.05) is 40.7 Å². The fraction of sp³-hybridized carbons (Fsp3) is 0.357. The van der Waals surface area contributed by atoms with E-state index in [2.05, 4.69) is 10.3 Å². The molecule has 5 heteroatoms. The maximum Gasteiger partial charge on any atom is 0.207 e. The number of anilines is 2. The molecule has 19 heavy (non-hydrogen) atoms. The van der Waals surface area contributed by atoms with Crippen LogP contribution in [0.15, 0.2) is 36.5 Å². The molecule has 0 aliphatic heterocycles. The van der Waals surface area contributed by atoms with Crippen molar-refractivity contribution < 1.29 is 4.21 Å². The van der Waals surface area contributed by atoms with Crippen LogP contribution in [0.4, 0.5) is 11.6 Å². The van der Waals surface area contributed by atoms with Crippen molar-refractivity contribution in [1.82, 2.24) is 9.55 Å². The average molecular weight is 277 g/mol. The average Bonchev–Trinajstić information content (AvgIpc) is 2.70. The molecule has 2 rings (SSSR count). The van der Waals surface area contributed by atoms with Gasteiger partial charge in [0.2, 0.25) is 5.95 Å². The zero-order valence-corrected chi connectivity index (χ0v) is 12.3. The van der Waals surface area contributed by atoms with Crippen LogP contribution in [-0.4, -0.2) is 25.3 Å². The zero-order chi connectivity index (χ0) is 13.8. The summed E-state index contributed by atoms with van der Waals surface area (Å²) in [6.45, 7) is 4.64. The Bertz CT molecular complexity index is 565. The lowest BCUT2D eigenvalue weighted by molar-refractivity contribution is 0.646. The molecule has 0 amide bonds. The second kappa shape index (κ2) is 6.02. The first-order valence-corrected chi connectivity index (χ1v) is 7.86.